The van der Waals surface area contributed by atoms with E-state index in [-0.39, 0.29) is 33.1 Å². The van der Waals surface area contributed by atoms with Crippen LogP contribution in [0.2, 0.25) is 10.0 Å². The lowest BCUT2D eigenvalue weighted by molar-refractivity contribution is -0.139. The maximum atomic E-state index is 13.9. The third-order valence-corrected chi connectivity index (χ3v) is 8.68. The van der Waals surface area contributed by atoms with Gasteiger partial charge in [0.2, 0.25) is 11.8 Å². The Hall–Kier alpha value is -3.27. The third kappa shape index (κ3) is 7.23. The molecule has 0 aromatic heterocycles. The number of likely N-dealkylation sites (N-methyl/N-ethyl adjacent to an activating group) is 1. The van der Waals surface area contributed by atoms with Crippen LogP contribution in [0.3, 0.4) is 0 Å². The van der Waals surface area contributed by atoms with Crippen LogP contribution >= 0.6 is 23.2 Å². The Morgan fingerprint density at radius 3 is 2.33 bits per heavy atom. The summed E-state index contributed by atoms with van der Waals surface area (Å²) in [5.41, 5.74) is 1.62. The molecule has 11 heteroatoms. The van der Waals surface area contributed by atoms with Gasteiger partial charge in [0.25, 0.3) is 10.0 Å². The predicted molar refractivity (Wildman–Crippen MR) is 154 cm³/mol. The molecule has 0 aliphatic carbocycles. The van der Waals surface area contributed by atoms with Gasteiger partial charge in [-0.3, -0.25) is 13.9 Å². The van der Waals surface area contributed by atoms with Gasteiger partial charge in [0.15, 0.2) is 0 Å². The number of nitrogens with one attached hydrogen (secondary N) is 1. The molecule has 0 fully saturated rings. The molecule has 1 N–H and O–H groups in total. The van der Waals surface area contributed by atoms with Crippen LogP contribution in [-0.2, 0) is 26.2 Å². The van der Waals surface area contributed by atoms with Crippen LogP contribution in [0.15, 0.2) is 71.6 Å². The van der Waals surface area contributed by atoms with Gasteiger partial charge in [0, 0.05) is 13.1 Å². The van der Waals surface area contributed by atoms with Gasteiger partial charge in [-0.05, 0) is 62.7 Å². The van der Waals surface area contributed by atoms with Crippen molar-refractivity contribution in [3.8, 4) is 5.75 Å². The highest BCUT2D eigenvalue weighted by Gasteiger charge is 2.33. The topological polar surface area (TPSA) is 96.0 Å². The van der Waals surface area contributed by atoms with Gasteiger partial charge in [0.1, 0.15) is 18.3 Å². The van der Waals surface area contributed by atoms with Crippen LogP contribution in [0.5, 0.6) is 5.75 Å². The molecule has 0 heterocycles. The lowest BCUT2D eigenvalue weighted by Crippen LogP contribution is -2.51. The normalized spacial score (nSPS) is 11.9. The first-order chi connectivity index (χ1) is 18.5. The predicted octanol–water partition coefficient (Wildman–Crippen LogP) is 5.06. The fourth-order valence-electron chi connectivity index (χ4n) is 3.91. The maximum absolute atomic E-state index is 13.9. The molecular weight excluding hydrogens is 561 g/mol. The fraction of sp³-hybridized carbons (Fsp3) is 0.286. The molecule has 0 saturated heterocycles. The number of benzene rings is 3. The quantitative estimate of drug-likeness (QED) is 0.336. The number of hydrogen-bond acceptors (Lipinski definition) is 5. The standard InChI is InChI=1S/C28H31Cl2N3O5S/c1-5-31-28(35)20(3)32(17-21-8-6-9-22(16-21)38-4)26(34)18-33(25-11-7-10-24(29)27(25)30)39(36,37)23-14-12-19(2)13-15-23/h6-16,20H,5,17-18H2,1-4H3,(H,31,35)/t20-/m0/s1. The molecule has 3 aromatic rings. The summed E-state index contributed by atoms with van der Waals surface area (Å²) in [6.45, 7) is 4.99. The summed E-state index contributed by atoms with van der Waals surface area (Å²) >= 11 is 12.7. The zero-order valence-corrected chi connectivity index (χ0v) is 24.5. The summed E-state index contributed by atoms with van der Waals surface area (Å²) in [6, 6.07) is 17.0. The molecule has 3 aromatic carbocycles. The minimum atomic E-state index is -4.26. The maximum Gasteiger partial charge on any atom is 0.264 e. The Bertz CT molecular complexity index is 1430. The largest absolute Gasteiger partial charge is 0.497 e. The molecule has 0 bridgehead atoms. The van der Waals surface area contributed by atoms with Gasteiger partial charge < -0.3 is 15.0 Å². The van der Waals surface area contributed by atoms with Crippen LogP contribution in [0.4, 0.5) is 5.69 Å². The molecule has 0 aliphatic heterocycles. The highest BCUT2D eigenvalue weighted by Crippen LogP contribution is 2.35. The highest BCUT2D eigenvalue weighted by atomic mass is 35.5. The second-order valence-corrected chi connectivity index (χ2v) is 11.5. The Kier molecular flexibility index (Phi) is 10.2. The number of nitrogens with zero attached hydrogens (tertiary/aromatic N) is 2. The number of halogens is 2. The SMILES string of the molecule is CCNC(=O)[C@H](C)N(Cc1cccc(OC)c1)C(=O)CN(c1cccc(Cl)c1Cl)S(=O)(=O)c1ccc(C)cc1. The van der Waals surface area contributed by atoms with E-state index in [0.29, 0.717) is 17.9 Å². The molecule has 0 spiro atoms. The van der Waals surface area contributed by atoms with Crippen molar-refractivity contribution in [3.05, 3.63) is 87.9 Å². The number of hydrogen-bond donors (Lipinski definition) is 1. The van der Waals surface area contributed by atoms with E-state index in [9.17, 15) is 18.0 Å². The summed E-state index contributed by atoms with van der Waals surface area (Å²) in [5, 5.41) is 2.84. The van der Waals surface area contributed by atoms with Crippen LogP contribution in [0.1, 0.15) is 25.0 Å². The van der Waals surface area contributed by atoms with E-state index in [4.69, 9.17) is 27.9 Å². The van der Waals surface area contributed by atoms with Crippen molar-refractivity contribution < 1.29 is 22.7 Å². The van der Waals surface area contributed by atoms with Crippen molar-refractivity contribution in [1.82, 2.24) is 10.2 Å². The number of aryl methyl sites for hydroxylation is 1. The summed E-state index contributed by atoms with van der Waals surface area (Å²) in [5.74, 6) is -0.398. The molecule has 208 valence electrons. The van der Waals surface area contributed by atoms with Crippen molar-refractivity contribution in [2.45, 2.75) is 38.3 Å². The van der Waals surface area contributed by atoms with Crippen LogP contribution in [0, 0.1) is 6.92 Å². The molecule has 0 saturated carbocycles. The van der Waals surface area contributed by atoms with Gasteiger partial charge in [-0.25, -0.2) is 8.42 Å². The molecule has 1 atom stereocenters. The number of anilines is 1. The summed E-state index contributed by atoms with van der Waals surface area (Å²) in [4.78, 5) is 28.0. The molecule has 0 unspecified atom stereocenters. The van der Waals surface area contributed by atoms with E-state index < -0.39 is 28.5 Å². The van der Waals surface area contributed by atoms with Crippen LogP contribution in [-0.4, -0.2) is 51.4 Å². The molecule has 2 amide bonds. The molecular formula is C28H31Cl2N3O5S. The lowest BCUT2D eigenvalue weighted by Gasteiger charge is -2.32. The van der Waals surface area contributed by atoms with E-state index >= 15 is 0 Å². The van der Waals surface area contributed by atoms with Crippen molar-refractivity contribution >= 4 is 50.7 Å². The second-order valence-electron chi connectivity index (χ2n) is 8.84. The smallest absolute Gasteiger partial charge is 0.264 e. The average molecular weight is 593 g/mol. The average Bonchev–Trinajstić information content (AvgIpc) is 2.92. The molecule has 8 nitrogen and oxygen atoms in total. The third-order valence-electron chi connectivity index (χ3n) is 6.09. The Morgan fingerprint density at radius 1 is 1.03 bits per heavy atom. The van der Waals surface area contributed by atoms with Gasteiger partial charge in [-0.2, -0.15) is 0 Å². The first kappa shape index (κ1) is 30.3. The van der Waals surface area contributed by atoms with E-state index in [2.05, 4.69) is 5.32 Å². The lowest BCUT2D eigenvalue weighted by atomic mass is 10.1. The number of sulfonamides is 1. The van der Waals surface area contributed by atoms with Crippen LogP contribution in [0.25, 0.3) is 0 Å². The van der Waals surface area contributed by atoms with Gasteiger partial charge in [-0.15, -0.1) is 0 Å². The number of carbonyl (C=O) groups is 2. The molecule has 3 rings (SSSR count). The fourth-order valence-corrected chi connectivity index (χ4v) is 5.78. The highest BCUT2D eigenvalue weighted by molar-refractivity contribution is 7.92. The van der Waals surface area contributed by atoms with Gasteiger partial charge in [0.05, 0.1) is 27.7 Å². The molecule has 0 aliphatic rings. The summed E-state index contributed by atoms with van der Waals surface area (Å²) in [7, 11) is -2.73. The summed E-state index contributed by atoms with van der Waals surface area (Å²) in [6.07, 6.45) is 0. The first-order valence-corrected chi connectivity index (χ1v) is 14.4. The molecule has 39 heavy (non-hydrogen) atoms. The Balaban J connectivity index is 2.08. The number of carbonyl (C=O) groups excluding carboxylic acids is 2. The van der Waals surface area contributed by atoms with Crippen LogP contribution < -0.4 is 14.4 Å². The first-order valence-electron chi connectivity index (χ1n) is 12.2. The zero-order chi connectivity index (χ0) is 28.7. The van der Waals surface area contributed by atoms with Gasteiger partial charge in [-0.1, -0.05) is 59.1 Å². The minimum Gasteiger partial charge on any atom is -0.497 e. The van der Waals surface area contributed by atoms with Crippen molar-refractivity contribution in [2.75, 3.05) is 24.5 Å². The van der Waals surface area contributed by atoms with E-state index in [1.54, 1.807) is 56.3 Å². The number of ether oxygens (including phenoxy) is 1. The Labute approximate surface area is 239 Å². The van der Waals surface area contributed by atoms with Crippen molar-refractivity contribution in [3.63, 3.8) is 0 Å². The monoisotopic (exact) mass is 591 g/mol. The second kappa shape index (κ2) is 13.2. The van der Waals surface area contributed by atoms with E-state index in [0.717, 1.165) is 9.87 Å². The van der Waals surface area contributed by atoms with Gasteiger partial charge >= 0.3 is 0 Å². The zero-order valence-electron chi connectivity index (χ0n) is 22.1. The Morgan fingerprint density at radius 2 is 1.69 bits per heavy atom. The van der Waals surface area contributed by atoms with E-state index in [1.807, 2.05) is 6.92 Å². The number of amides is 2. The van der Waals surface area contributed by atoms with E-state index in [1.165, 1.54) is 36.3 Å². The van der Waals surface area contributed by atoms with Crippen molar-refractivity contribution in [1.29, 1.82) is 0 Å². The van der Waals surface area contributed by atoms with Crippen molar-refractivity contribution in [2.24, 2.45) is 0 Å². The summed E-state index contributed by atoms with van der Waals surface area (Å²) < 4.78 is 34.0. The molecule has 0 radical (unpaired) electrons. The number of rotatable bonds is 11. The minimum absolute atomic E-state index is 0.0150. The number of methoxy groups -OCH3 is 1.